The Morgan fingerprint density at radius 1 is 1.13 bits per heavy atom. The second-order valence-corrected chi connectivity index (χ2v) is 12.0. The molecule has 1 aliphatic carbocycles. The number of carbonyl (C=O) groups excluding carboxylic acids is 1. The Labute approximate surface area is 166 Å². The fourth-order valence-corrected chi connectivity index (χ4v) is 10.2. The van der Waals surface area contributed by atoms with E-state index >= 15 is 0 Å². The van der Waals surface area contributed by atoms with Gasteiger partial charge in [-0.15, -0.1) is 0 Å². The predicted octanol–water partition coefficient (Wildman–Crippen LogP) is 4.91. The molecular weight excluding hydrogens is 378 g/mol. The molecule has 23 heavy (non-hydrogen) atoms. The number of anilines is 1. The van der Waals surface area contributed by atoms with E-state index in [9.17, 15) is 4.79 Å². The van der Waals surface area contributed by atoms with Gasteiger partial charge < -0.3 is 5.32 Å². The SMILES string of the molecule is CC[P+]1(C2(C(=O)Nc3c(C)cc(C)cc3C)CC2)CCCC1.[Y]. The van der Waals surface area contributed by atoms with Crippen LogP contribution < -0.4 is 5.32 Å². The van der Waals surface area contributed by atoms with Crippen LogP contribution in [0.1, 0.15) is 49.3 Å². The summed E-state index contributed by atoms with van der Waals surface area (Å²) in [6.07, 6.45) is 8.91. The van der Waals surface area contributed by atoms with E-state index in [4.69, 9.17) is 0 Å². The van der Waals surface area contributed by atoms with Gasteiger partial charge in [0.05, 0.1) is 18.5 Å². The zero-order valence-electron chi connectivity index (χ0n) is 15.0. The molecule has 0 unspecified atom stereocenters. The van der Waals surface area contributed by atoms with Crippen LogP contribution in [0, 0.1) is 20.8 Å². The first kappa shape index (κ1) is 19.5. The van der Waals surface area contributed by atoms with E-state index in [2.05, 4.69) is 45.1 Å². The zero-order chi connectivity index (χ0) is 16.0. The summed E-state index contributed by atoms with van der Waals surface area (Å²) in [7, 11) is -1.06. The van der Waals surface area contributed by atoms with Gasteiger partial charge in [-0.1, -0.05) is 17.7 Å². The minimum absolute atomic E-state index is 0. The molecule has 1 saturated carbocycles. The van der Waals surface area contributed by atoms with Gasteiger partial charge in [-0.25, -0.2) is 0 Å². The van der Waals surface area contributed by atoms with Crippen LogP contribution in [0.2, 0.25) is 0 Å². The summed E-state index contributed by atoms with van der Waals surface area (Å²) in [5.74, 6) is 0.333. The molecule has 1 aromatic carbocycles. The van der Waals surface area contributed by atoms with Crippen LogP contribution in [0.25, 0.3) is 0 Å². The van der Waals surface area contributed by atoms with Crippen LogP contribution in [0.15, 0.2) is 12.1 Å². The Morgan fingerprint density at radius 3 is 2.09 bits per heavy atom. The molecule has 2 nitrogen and oxygen atoms in total. The fourth-order valence-electron chi connectivity index (χ4n) is 4.63. The van der Waals surface area contributed by atoms with Gasteiger partial charge in [-0.3, -0.25) is 4.79 Å². The van der Waals surface area contributed by atoms with Crippen molar-refractivity contribution in [3.8, 4) is 0 Å². The summed E-state index contributed by atoms with van der Waals surface area (Å²) in [6, 6.07) is 4.34. The maximum absolute atomic E-state index is 13.2. The standard InChI is InChI=1S/C19H28NOP.Y/c1-5-22(10-6-7-11-22)19(8-9-19)18(21)20-17-15(3)12-14(2)13-16(17)4;/h12-13H,5-11H2,1-4H3;/p+1. The van der Waals surface area contributed by atoms with Gasteiger partial charge in [0.2, 0.25) is 0 Å². The van der Waals surface area contributed by atoms with Crippen molar-refractivity contribution in [3.63, 3.8) is 0 Å². The molecule has 0 spiro atoms. The number of rotatable bonds is 4. The molecule has 0 bridgehead atoms. The second-order valence-electron chi connectivity index (χ2n) is 7.38. The molecule has 0 aromatic heterocycles. The Kier molecular flexibility index (Phi) is 6.14. The summed E-state index contributed by atoms with van der Waals surface area (Å²) in [5.41, 5.74) is 4.70. The van der Waals surface area contributed by atoms with Gasteiger partial charge in [0.25, 0.3) is 5.91 Å². The maximum Gasteiger partial charge on any atom is 0.268 e. The summed E-state index contributed by atoms with van der Waals surface area (Å²) < 4.78 is 0. The van der Waals surface area contributed by atoms with Crippen LogP contribution >= 0.6 is 7.26 Å². The molecule has 1 saturated heterocycles. The van der Waals surface area contributed by atoms with Gasteiger partial charge in [-0.2, -0.15) is 0 Å². The molecule has 1 radical (unpaired) electrons. The molecular formula is C19H29NOPY+. The Morgan fingerprint density at radius 2 is 1.65 bits per heavy atom. The molecule has 1 amide bonds. The predicted molar refractivity (Wildman–Crippen MR) is 97.7 cm³/mol. The van der Waals surface area contributed by atoms with Crippen LogP contribution in [0.5, 0.6) is 0 Å². The first-order chi connectivity index (χ1) is 10.4. The van der Waals surface area contributed by atoms with Crippen LogP contribution in [-0.2, 0) is 37.5 Å². The minimum atomic E-state index is -1.06. The van der Waals surface area contributed by atoms with Crippen molar-refractivity contribution in [2.24, 2.45) is 0 Å². The van der Waals surface area contributed by atoms with Crippen molar-refractivity contribution in [1.82, 2.24) is 0 Å². The van der Waals surface area contributed by atoms with Crippen molar-refractivity contribution in [1.29, 1.82) is 0 Å². The van der Waals surface area contributed by atoms with Crippen LogP contribution in [0.4, 0.5) is 5.69 Å². The van der Waals surface area contributed by atoms with Crippen molar-refractivity contribution in [2.75, 3.05) is 23.8 Å². The largest absolute Gasteiger partial charge is 0.322 e. The quantitative estimate of drug-likeness (QED) is 0.706. The van der Waals surface area contributed by atoms with Crippen molar-refractivity contribution in [3.05, 3.63) is 28.8 Å². The summed E-state index contributed by atoms with van der Waals surface area (Å²) in [5, 5.41) is 3.36. The fraction of sp³-hybridized carbons (Fsp3) is 0.632. The number of nitrogens with one attached hydrogen (secondary N) is 1. The summed E-state index contributed by atoms with van der Waals surface area (Å²) in [4.78, 5) is 13.2. The molecule has 1 aliphatic heterocycles. The smallest absolute Gasteiger partial charge is 0.268 e. The molecule has 1 N–H and O–H groups in total. The van der Waals surface area contributed by atoms with E-state index < -0.39 is 7.26 Å². The van der Waals surface area contributed by atoms with Crippen molar-refractivity contribution < 1.29 is 37.5 Å². The molecule has 2 fully saturated rings. The minimum Gasteiger partial charge on any atom is -0.322 e. The molecule has 4 heteroatoms. The van der Waals surface area contributed by atoms with Crippen molar-refractivity contribution >= 4 is 18.9 Å². The third kappa shape index (κ3) is 3.33. The first-order valence-electron chi connectivity index (χ1n) is 8.70. The number of hydrogen-bond acceptors (Lipinski definition) is 1. The third-order valence-corrected chi connectivity index (χ3v) is 12.0. The van der Waals surface area contributed by atoms with E-state index in [1.807, 2.05) is 0 Å². The maximum atomic E-state index is 13.2. The number of carbonyl (C=O) groups is 1. The van der Waals surface area contributed by atoms with E-state index in [0.717, 1.165) is 18.5 Å². The van der Waals surface area contributed by atoms with Gasteiger partial charge in [0, 0.05) is 58.5 Å². The first-order valence-corrected chi connectivity index (χ1v) is 11.0. The van der Waals surface area contributed by atoms with Crippen LogP contribution in [0.3, 0.4) is 0 Å². The van der Waals surface area contributed by atoms with Crippen molar-refractivity contribution in [2.45, 2.75) is 58.5 Å². The molecule has 1 aromatic rings. The Hall–Kier alpha value is 0.224. The van der Waals surface area contributed by atoms with Gasteiger partial charge in [0.1, 0.15) is 0 Å². The molecule has 0 atom stereocenters. The monoisotopic (exact) mass is 407 g/mol. The van der Waals surface area contributed by atoms with Gasteiger partial charge >= 0.3 is 0 Å². The van der Waals surface area contributed by atoms with Gasteiger partial charge in [-0.05, 0) is 51.7 Å². The van der Waals surface area contributed by atoms with Gasteiger partial charge in [0.15, 0.2) is 5.16 Å². The number of benzene rings is 1. The van der Waals surface area contributed by atoms with Crippen LogP contribution in [-0.4, -0.2) is 29.5 Å². The molecule has 123 valence electrons. The molecule has 2 aliphatic rings. The zero-order valence-corrected chi connectivity index (χ0v) is 18.8. The normalized spacial score (nSPS) is 20.7. The Balaban J connectivity index is 0.00000192. The summed E-state index contributed by atoms with van der Waals surface area (Å²) >= 11 is 0. The second kappa shape index (κ2) is 7.22. The van der Waals surface area contributed by atoms with E-state index in [1.165, 1.54) is 48.0 Å². The third-order valence-electron chi connectivity index (χ3n) is 6.00. The topological polar surface area (TPSA) is 29.1 Å². The Bertz CT molecular complexity index is 580. The number of hydrogen-bond donors (Lipinski definition) is 1. The van der Waals surface area contributed by atoms with E-state index in [1.54, 1.807) is 0 Å². The van der Waals surface area contributed by atoms with E-state index in [0.29, 0.717) is 5.91 Å². The average molecular weight is 407 g/mol. The van der Waals surface area contributed by atoms with E-state index in [-0.39, 0.29) is 37.9 Å². The molecule has 1 heterocycles. The molecule has 3 rings (SSSR count). The number of aryl methyl sites for hydroxylation is 3. The number of amides is 1. The summed E-state index contributed by atoms with van der Waals surface area (Å²) in [6.45, 7) is 8.66. The average Bonchev–Trinajstić information content (AvgIpc) is 3.15.